The first kappa shape index (κ1) is 15.8. The summed E-state index contributed by atoms with van der Waals surface area (Å²) in [6.07, 6.45) is 2.42. The molecule has 1 saturated heterocycles. The van der Waals surface area contributed by atoms with Crippen LogP contribution in [0.4, 0.5) is 13.6 Å². The summed E-state index contributed by atoms with van der Waals surface area (Å²) >= 11 is -0.534. The van der Waals surface area contributed by atoms with Crippen molar-refractivity contribution in [2.45, 2.75) is 18.8 Å². The van der Waals surface area contributed by atoms with E-state index in [9.17, 15) is 16.2 Å². The van der Waals surface area contributed by atoms with Crippen LogP contribution in [0.3, 0.4) is 0 Å². The largest absolute Gasteiger partial charge is 0.233 e. The van der Waals surface area contributed by atoms with Crippen molar-refractivity contribution in [1.29, 1.82) is 0 Å². The SMILES string of the molecule is O=S1(=O)CCC(c2cc(N(SF)SF)n3nccc3n2)CC1. The molecule has 0 aliphatic carbocycles. The average molecular weight is 366 g/mol. The molecule has 6 nitrogen and oxygen atoms in total. The van der Waals surface area contributed by atoms with Crippen LogP contribution in [0.25, 0.3) is 5.65 Å². The van der Waals surface area contributed by atoms with Crippen molar-refractivity contribution < 1.29 is 16.2 Å². The molecule has 0 radical (unpaired) electrons. The Balaban J connectivity index is 2.00. The molecule has 3 rings (SSSR count). The van der Waals surface area contributed by atoms with Gasteiger partial charge in [0.1, 0.15) is 9.84 Å². The highest BCUT2D eigenvalue weighted by atomic mass is 32.3. The summed E-state index contributed by atoms with van der Waals surface area (Å²) in [5.74, 6) is 0.383. The fourth-order valence-corrected chi connectivity index (χ4v) is 4.50. The van der Waals surface area contributed by atoms with Gasteiger partial charge in [-0.25, -0.2) is 13.4 Å². The first-order valence-electron chi connectivity index (χ1n) is 6.47. The number of hydrogen-bond acceptors (Lipinski definition) is 7. The zero-order valence-corrected chi connectivity index (χ0v) is 13.7. The number of aromatic nitrogens is 3. The second-order valence-electron chi connectivity index (χ2n) is 4.96. The summed E-state index contributed by atoms with van der Waals surface area (Å²) in [6, 6.07) is 3.19. The molecule has 0 aromatic carbocycles. The Morgan fingerprint density at radius 3 is 2.59 bits per heavy atom. The summed E-state index contributed by atoms with van der Waals surface area (Å²) in [4.78, 5) is 4.43. The van der Waals surface area contributed by atoms with E-state index in [1.165, 1.54) is 10.7 Å². The van der Waals surface area contributed by atoms with Gasteiger partial charge in [-0.1, -0.05) is 0 Å². The maximum absolute atomic E-state index is 12.9. The van der Waals surface area contributed by atoms with E-state index >= 15 is 0 Å². The molecule has 0 N–H and O–H groups in total. The van der Waals surface area contributed by atoms with Gasteiger partial charge in [0.25, 0.3) is 0 Å². The van der Waals surface area contributed by atoms with Gasteiger partial charge in [0, 0.05) is 23.7 Å². The Morgan fingerprint density at radius 1 is 1.27 bits per heavy atom. The molecule has 2 aromatic heterocycles. The number of anilines is 1. The lowest BCUT2D eigenvalue weighted by atomic mass is 9.98. The van der Waals surface area contributed by atoms with Crippen molar-refractivity contribution in [3.63, 3.8) is 0 Å². The molecule has 0 saturated carbocycles. The molecular weight excluding hydrogens is 354 g/mol. The Hall–Kier alpha value is -1.07. The molecular formula is C11H12F2N4O2S3. The number of nitrogens with zero attached hydrogens (tertiary/aromatic N) is 4. The summed E-state index contributed by atoms with van der Waals surface area (Å²) in [5, 5.41) is 4.00. The highest BCUT2D eigenvalue weighted by Gasteiger charge is 2.27. The predicted molar refractivity (Wildman–Crippen MR) is 83.5 cm³/mol. The Kier molecular flexibility index (Phi) is 4.46. The monoisotopic (exact) mass is 366 g/mol. The minimum atomic E-state index is -2.98. The summed E-state index contributed by atoms with van der Waals surface area (Å²) in [5.41, 5.74) is 1.10. The highest BCUT2D eigenvalue weighted by Crippen LogP contribution is 2.35. The Labute approximate surface area is 135 Å². The van der Waals surface area contributed by atoms with Crippen LogP contribution in [-0.2, 0) is 9.84 Å². The zero-order valence-electron chi connectivity index (χ0n) is 11.2. The van der Waals surface area contributed by atoms with E-state index < -0.39 is 9.84 Å². The zero-order chi connectivity index (χ0) is 15.7. The third kappa shape index (κ3) is 3.01. The summed E-state index contributed by atoms with van der Waals surface area (Å²) in [7, 11) is -2.98. The van der Waals surface area contributed by atoms with Gasteiger partial charge in [-0.3, -0.25) is 0 Å². The van der Waals surface area contributed by atoms with Gasteiger partial charge in [-0.05, 0) is 12.8 Å². The first-order valence-corrected chi connectivity index (χ1v) is 9.63. The van der Waals surface area contributed by atoms with Crippen molar-refractivity contribution in [3.8, 4) is 0 Å². The van der Waals surface area contributed by atoms with Gasteiger partial charge < -0.3 is 0 Å². The maximum atomic E-state index is 12.9. The minimum absolute atomic E-state index is 0.0433. The van der Waals surface area contributed by atoms with E-state index in [0.717, 1.165) is 3.71 Å². The lowest BCUT2D eigenvalue weighted by Gasteiger charge is -2.23. The molecule has 1 aliphatic rings. The molecule has 1 aliphatic heterocycles. The number of rotatable bonds is 4. The number of sulfone groups is 1. The van der Waals surface area contributed by atoms with Crippen LogP contribution in [0.15, 0.2) is 18.3 Å². The van der Waals surface area contributed by atoms with E-state index in [-0.39, 0.29) is 47.9 Å². The maximum Gasteiger partial charge on any atom is 0.179 e. The van der Waals surface area contributed by atoms with Gasteiger partial charge in [0.15, 0.2) is 36.1 Å². The van der Waals surface area contributed by atoms with Gasteiger partial charge in [0.05, 0.1) is 17.7 Å². The molecule has 0 spiro atoms. The van der Waals surface area contributed by atoms with Crippen molar-refractivity contribution in [1.82, 2.24) is 14.6 Å². The normalized spacial score (nSPS) is 18.6. The van der Waals surface area contributed by atoms with E-state index in [1.807, 2.05) is 0 Å². The standard InChI is InChI=1S/C11H12F2N4O2S3/c12-20-17(21-13)11-7-9(15-10-1-4-14-16(10)11)8-2-5-22(18,19)6-3-8/h1,4,7-8H,2-3,5-6H2. The number of halogens is 2. The van der Waals surface area contributed by atoms with E-state index in [1.54, 1.807) is 12.1 Å². The second-order valence-corrected chi connectivity index (χ2v) is 8.50. The van der Waals surface area contributed by atoms with Gasteiger partial charge in [0.2, 0.25) is 0 Å². The molecule has 0 unspecified atom stereocenters. The summed E-state index contributed by atoms with van der Waals surface area (Å²) < 4.78 is 50.9. The molecule has 22 heavy (non-hydrogen) atoms. The smallest absolute Gasteiger partial charge is 0.179 e. The van der Waals surface area contributed by atoms with Crippen LogP contribution in [0, 0.1) is 0 Å². The van der Waals surface area contributed by atoms with Crippen LogP contribution < -0.4 is 3.71 Å². The van der Waals surface area contributed by atoms with Gasteiger partial charge in [-0.15, -0.1) is 7.77 Å². The Morgan fingerprint density at radius 2 is 1.95 bits per heavy atom. The Bertz CT molecular complexity index is 765. The van der Waals surface area contributed by atoms with Crippen molar-refractivity contribution in [3.05, 3.63) is 24.0 Å². The fourth-order valence-electron chi connectivity index (χ4n) is 2.52. The minimum Gasteiger partial charge on any atom is -0.233 e. The molecule has 2 aromatic rings. The van der Waals surface area contributed by atoms with Gasteiger partial charge >= 0.3 is 0 Å². The average Bonchev–Trinajstić information content (AvgIpc) is 2.96. The van der Waals surface area contributed by atoms with E-state index in [0.29, 0.717) is 24.2 Å². The number of hydrogen-bond donors (Lipinski definition) is 0. The predicted octanol–water partition coefficient (Wildman–Crippen LogP) is 2.89. The molecule has 0 amide bonds. The molecule has 11 heteroatoms. The van der Waals surface area contributed by atoms with Crippen LogP contribution in [0.5, 0.6) is 0 Å². The third-order valence-corrected chi connectivity index (χ3v) is 6.32. The van der Waals surface area contributed by atoms with Crippen LogP contribution in [0.2, 0.25) is 0 Å². The van der Waals surface area contributed by atoms with Crippen LogP contribution in [0.1, 0.15) is 24.5 Å². The molecule has 3 heterocycles. The first-order chi connectivity index (χ1) is 10.5. The highest BCUT2D eigenvalue weighted by molar-refractivity contribution is 8.13. The quantitative estimate of drug-likeness (QED) is 0.771. The van der Waals surface area contributed by atoms with Gasteiger partial charge in [-0.2, -0.15) is 13.3 Å². The van der Waals surface area contributed by atoms with E-state index in [2.05, 4.69) is 10.1 Å². The topological polar surface area (TPSA) is 67.6 Å². The number of fused-ring (bicyclic) bond motifs is 1. The van der Waals surface area contributed by atoms with Crippen molar-refractivity contribution >= 4 is 46.0 Å². The molecule has 1 fully saturated rings. The molecule has 120 valence electrons. The van der Waals surface area contributed by atoms with Crippen LogP contribution in [-0.4, -0.2) is 34.5 Å². The lowest BCUT2D eigenvalue weighted by molar-refractivity contribution is 0.544. The lowest BCUT2D eigenvalue weighted by Crippen LogP contribution is -2.23. The molecule has 0 bridgehead atoms. The van der Waals surface area contributed by atoms with Crippen LogP contribution >= 0.6 is 24.7 Å². The fraction of sp³-hybridized carbons (Fsp3) is 0.455. The molecule has 0 atom stereocenters. The summed E-state index contributed by atoms with van der Waals surface area (Å²) in [6.45, 7) is 0. The van der Waals surface area contributed by atoms with Crippen molar-refractivity contribution in [2.75, 3.05) is 15.2 Å². The second kappa shape index (κ2) is 6.20. The van der Waals surface area contributed by atoms with E-state index in [4.69, 9.17) is 0 Å². The van der Waals surface area contributed by atoms with Crippen molar-refractivity contribution in [2.24, 2.45) is 0 Å². The third-order valence-electron chi connectivity index (χ3n) is 3.65.